The van der Waals surface area contributed by atoms with Crippen molar-refractivity contribution in [2.75, 3.05) is 31.5 Å². The SMILES string of the molecule is Cc1cc(NC(=O)C(C)N2CCNCC2)ccn1. The van der Waals surface area contributed by atoms with Crippen LogP contribution in [0.2, 0.25) is 0 Å². The quantitative estimate of drug-likeness (QED) is 0.823. The first-order valence-electron chi connectivity index (χ1n) is 6.35. The van der Waals surface area contributed by atoms with Crippen LogP contribution in [0.4, 0.5) is 5.69 Å². The molecule has 1 atom stereocenters. The minimum Gasteiger partial charge on any atom is -0.325 e. The molecule has 2 heterocycles. The van der Waals surface area contributed by atoms with Gasteiger partial charge in [-0.1, -0.05) is 0 Å². The van der Waals surface area contributed by atoms with Crippen LogP contribution in [0, 0.1) is 6.92 Å². The molecule has 1 amide bonds. The largest absolute Gasteiger partial charge is 0.325 e. The maximum atomic E-state index is 12.1. The highest BCUT2D eigenvalue weighted by Gasteiger charge is 2.22. The normalized spacial score (nSPS) is 18.3. The van der Waals surface area contributed by atoms with Crippen molar-refractivity contribution < 1.29 is 4.79 Å². The van der Waals surface area contributed by atoms with Crippen LogP contribution in [0.1, 0.15) is 12.6 Å². The van der Waals surface area contributed by atoms with E-state index in [1.165, 1.54) is 0 Å². The molecular formula is C13H20N4O. The maximum Gasteiger partial charge on any atom is 0.241 e. The van der Waals surface area contributed by atoms with Crippen molar-refractivity contribution in [3.05, 3.63) is 24.0 Å². The zero-order valence-electron chi connectivity index (χ0n) is 10.9. The van der Waals surface area contributed by atoms with E-state index in [0.717, 1.165) is 37.6 Å². The lowest BCUT2D eigenvalue weighted by molar-refractivity contribution is -0.120. The van der Waals surface area contributed by atoms with Gasteiger partial charge >= 0.3 is 0 Å². The first-order valence-corrected chi connectivity index (χ1v) is 6.35. The highest BCUT2D eigenvalue weighted by atomic mass is 16.2. The molecule has 98 valence electrons. The molecule has 1 aromatic heterocycles. The summed E-state index contributed by atoms with van der Waals surface area (Å²) < 4.78 is 0. The van der Waals surface area contributed by atoms with E-state index in [1.54, 1.807) is 6.20 Å². The fourth-order valence-electron chi connectivity index (χ4n) is 2.11. The predicted octanol–water partition coefficient (Wildman–Crippen LogP) is 0.622. The molecular weight excluding hydrogens is 228 g/mol. The van der Waals surface area contributed by atoms with E-state index >= 15 is 0 Å². The molecule has 0 radical (unpaired) electrons. The van der Waals surface area contributed by atoms with Crippen molar-refractivity contribution in [3.8, 4) is 0 Å². The summed E-state index contributed by atoms with van der Waals surface area (Å²) in [5.74, 6) is 0.0440. The van der Waals surface area contributed by atoms with E-state index in [2.05, 4.69) is 20.5 Å². The number of anilines is 1. The number of carbonyl (C=O) groups is 1. The number of hydrogen-bond donors (Lipinski definition) is 2. The number of piperazine rings is 1. The Labute approximate surface area is 108 Å². The van der Waals surface area contributed by atoms with Crippen LogP contribution in [-0.4, -0.2) is 48.0 Å². The smallest absolute Gasteiger partial charge is 0.241 e. The second-order valence-electron chi connectivity index (χ2n) is 4.64. The lowest BCUT2D eigenvalue weighted by atomic mass is 10.2. The third-order valence-corrected chi connectivity index (χ3v) is 3.24. The topological polar surface area (TPSA) is 57.3 Å². The van der Waals surface area contributed by atoms with Gasteiger partial charge in [0.05, 0.1) is 6.04 Å². The standard InChI is InChI=1S/C13H20N4O/c1-10-9-12(3-4-15-10)16-13(18)11(2)17-7-5-14-6-8-17/h3-4,9,11,14H,5-8H2,1-2H3,(H,15,16,18). The van der Waals surface area contributed by atoms with Gasteiger partial charge in [0.2, 0.25) is 5.91 Å². The predicted molar refractivity (Wildman–Crippen MR) is 71.5 cm³/mol. The minimum atomic E-state index is -0.0967. The molecule has 0 saturated carbocycles. The van der Waals surface area contributed by atoms with Crippen molar-refractivity contribution in [1.29, 1.82) is 0 Å². The second-order valence-corrected chi connectivity index (χ2v) is 4.64. The van der Waals surface area contributed by atoms with Gasteiger partial charge in [0.25, 0.3) is 0 Å². The number of nitrogens with one attached hydrogen (secondary N) is 2. The van der Waals surface area contributed by atoms with Gasteiger partial charge in [-0.25, -0.2) is 0 Å². The van der Waals surface area contributed by atoms with Gasteiger partial charge in [-0.15, -0.1) is 0 Å². The molecule has 2 N–H and O–H groups in total. The minimum absolute atomic E-state index is 0.0440. The molecule has 1 saturated heterocycles. The summed E-state index contributed by atoms with van der Waals surface area (Å²) in [6.07, 6.45) is 1.71. The summed E-state index contributed by atoms with van der Waals surface area (Å²) in [5.41, 5.74) is 1.72. The Hall–Kier alpha value is -1.46. The Morgan fingerprint density at radius 3 is 2.89 bits per heavy atom. The van der Waals surface area contributed by atoms with E-state index in [-0.39, 0.29) is 11.9 Å². The molecule has 1 aromatic rings. The summed E-state index contributed by atoms with van der Waals surface area (Å²) in [6, 6.07) is 3.60. The lowest BCUT2D eigenvalue weighted by Crippen LogP contribution is -2.51. The van der Waals surface area contributed by atoms with Gasteiger partial charge < -0.3 is 10.6 Å². The number of hydrogen-bond acceptors (Lipinski definition) is 4. The third-order valence-electron chi connectivity index (χ3n) is 3.24. The van der Waals surface area contributed by atoms with Crippen molar-refractivity contribution in [1.82, 2.24) is 15.2 Å². The highest BCUT2D eigenvalue weighted by molar-refractivity contribution is 5.94. The molecule has 1 aliphatic heterocycles. The molecule has 2 rings (SSSR count). The number of nitrogens with zero attached hydrogens (tertiary/aromatic N) is 2. The lowest BCUT2D eigenvalue weighted by Gasteiger charge is -2.31. The van der Waals surface area contributed by atoms with E-state index in [0.29, 0.717) is 0 Å². The molecule has 5 heteroatoms. The Morgan fingerprint density at radius 1 is 1.50 bits per heavy atom. The molecule has 5 nitrogen and oxygen atoms in total. The van der Waals surface area contributed by atoms with E-state index in [4.69, 9.17) is 0 Å². The van der Waals surface area contributed by atoms with Crippen LogP contribution in [-0.2, 0) is 4.79 Å². The van der Waals surface area contributed by atoms with Gasteiger partial charge in [-0.05, 0) is 26.0 Å². The van der Waals surface area contributed by atoms with Crippen molar-refractivity contribution >= 4 is 11.6 Å². The molecule has 1 aliphatic rings. The van der Waals surface area contributed by atoms with Crippen LogP contribution < -0.4 is 10.6 Å². The fraction of sp³-hybridized carbons (Fsp3) is 0.538. The fourth-order valence-corrected chi connectivity index (χ4v) is 2.11. The van der Waals surface area contributed by atoms with Crippen LogP contribution in [0.15, 0.2) is 18.3 Å². The summed E-state index contributed by atoms with van der Waals surface area (Å²) in [7, 11) is 0. The van der Waals surface area contributed by atoms with Crippen LogP contribution >= 0.6 is 0 Å². The molecule has 1 unspecified atom stereocenters. The summed E-state index contributed by atoms with van der Waals surface area (Å²) >= 11 is 0. The monoisotopic (exact) mass is 248 g/mol. The third kappa shape index (κ3) is 3.27. The van der Waals surface area contributed by atoms with E-state index < -0.39 is 0 Å². The van der Waals surface area contributed by atoms with Gasteiger partial charge in [0, 0.05) is 43.8 Å². The van der Waals surface area contributed by atoms with E-state index in [9.17, 15) is 4.79 Å². The van der Waals surface area contributed by atoms with Crippen molar-refractivity contribution in [3.63, 3.8) is 0 Å². The maximum absolute atomic E-state index is 12.1. The van der Waals surface area contributed by atoms with Gasteiger partial charge in [0.15, 0.2) is 0 Å². The summed E-state index contributed by atoms with van der Waals surface area (Å²) in [5, 5.41) is 6.22. The molecule has 0 spiro atoms. The molecule has 0 bridgehead atoms. The number of pyridine rings is 1. The zero-order valence-corrected chi connectivity index (χ0v) is 10.9. The van der Waals surface area contributed by atoms with Gasteiger partial charge in [0.1, 0.15) is 0 Å². The average Bonchev–Trinajstić information content (AvgIpc) is 2.39. The second kappa shape index (κ2) is 5.93. The number of carbonyl (C=O) groups excluding carboxylic acids is 1. The molecule has 0 aliphatic carbocycles. The Bertz CT molecular complexity index is 415. The number of aryl methyl sites for hydroxylation is 1. The Kier molecular flexibility index (Phi) is 4.28. The highest BCUT2D eigenvalue weighted by Crippen LogP contribution is 2.09. The first-order chi connectivity index (χ1) is 8.66. The first kappa shape index (κ1) is 13.0. The average molecular weight is 248 g/mol. The number of aromatic nitrogens is 1. The van der Waals surface area contributed by atoms with Gasteiger partial charge in [-0.2, -0.15) is 0 Å². The van der Waals surface area contributed by atoms with E-state index in [1.807, 2.05) is 26.0 Å². The summed E-state index contributed by atoms with van der Waals surface area (Å²) in [4.78, 5) is 18.4. The molecule has 18 heavy (non-hydrogen) atoms. The molecule has 0 aromatic carbocycles. The van der Waals surface area contributed by atoms with Gasteiger partial charge in [-0.3, -0.25) is 14.7 Å². The number of rotatable bonds is 3. The van der Waals surface area contributed by atoms with Crippen molar-refractivity contribution in [2.24, 2.45) is 0 Å². The van der Waals surface area contributed by atoms with Crippen molar-refractivity contribution in [2.45, 2.75) is 19.9 Å². The summed E-state index contributed by atoms with van der Waals surface area (Å²) in [6.45, 7) is 7.61. The van der Waals surface area contributed by atoms with Crippen LogP contribution in [0.25, 0.3) is 0 Å². The molecule has 1 fully saturated rings. The number of amides is 1. The Balaban J connectivity index is 1.94. The Morgan fingerprint density at radius 2 is 2.22 bits per heavy atom. The van der Waals surface area contributed by atoms with Crippen LogP contribution in [0.5, 0.6) is 0 Å². The van der Waals surface area contributed by atoms with Crippen LogP contribution in [0.3, 0.4) is 0 Å². The zero-order chi connectivity index (χ0) is 13.0.